The number of phenols is 2. The molecule has 4 nitrogen and oxygen atoms in total. The number of methoxy groups -OCH3 is 1. The van der Waals surface area contributed by atoms with Crippen LogP contribution in [-0.4, -0.2) is 17.3 Å². The number of benzene rings is 3. The standard InChI is InChI=1S/C26H28O4/c1-12-14(3)25-20(16(5)23(12)27)22(18-8-10-19(29-7)11-9-18)21-17(6)24(28)13(2)15(4)26(21)30-25/h8-11,22,27-28H,1-7H3. The van der Waals surface area contributed by atoms with Crippen molar-refractivity contribution in [3.05, 3.63) is 74.3 Å². The highest BCUT2D eigenvalue weighted by Crippen LogP contribution is 2.56. The molecule has 0 saturated carbocycles. The van der Waals surface area contributed by atoms with Crippen molar-refractivity contribution >= 4 is 0 Å². The molecule has 0 unspecified atom stereocenters. The molecule has 0 radical (unpaired) electrons. The molecule has 0 aliphatic carbocycles. The van der Waals surface area contributed by atoms with E-state index >= 15 is 0 Å². The highest BCUT2D eigenvalue weighted by atomic mass is 16.5. The molecule has 3 aromatic rings. The van der Waals surface area contributed by atoms with E-state index in [1.165, 1.54) is 0 Å². The molecule has 0 fully saturated rings. The molecule has 4 heteroatoms. The number of ether oxygens (including phenoxy) is 2. The van der Waals surface area contributed by atoms with E-state index in [4.69, 9.17) is 9.47 Å². The summed E-state index contributed by atoms with van der Waals surface area (Å²) in [6, 6.07) is 7.96. The first-order valence-corrected chi connectivity index (χ1v) is 10.2. The summed E-state index contributed by atoms with van der Waals surface area (Å²) in [6.45, 7) is 11.7. The zero-order chi connectivity index (χ0) is 21.9. The van der Waals surface area contributed by atoms with Gasteiger partial charge >= 0.3 is 0 Å². The van der Waals surface area contributed by atoms with Crippen LogP contribution in [0.2, 0.25) is 0 Å². The summed E-state index contributed by atoms with van der Waals surface area (Å²) < 4.78 is 11.9. The van der Waals surface area contributed by atoms with Crippen LogP contribution in [0.25, 0.3) is 0 Å². The topological polar surface area (TPSA) is 58.9 Å². The largest absolute Gasteiger partial charge is 0.507 e. The normalized spacial score (nSPS) is 12.9. The van der Waals surface area contributed by atoms with E-state index in [9.17, 15) is 10.2 Å². The number of hydrogen-bond acceptors (Lipinski definition) is 4. The molecule has 0 saturated heterocycles. The number of fused-ring (bicyclic) bond motifs is 2. The summed E-state index contributed by atoms with van der Waals surface area (Å²) in [5, 5.41) is 21.7. The summed E-state index contributed by atoms with van der Waals surface area (Å²) in [6.07, 6.45) is 0. The summed E-state index contributed by atoms with van der Waals surface area (Å²) in [4.78, 5) is 0. The second-order valence-corrected chi connectivity index (χ2v) is 8.24. The predicted molar refractivity (Wildman–Crippen MR) is 119 cm³/mol. The number of phenolic OH excluding ortho intramolecular Hbond substituents is 2. The Bertz CT molecular complexity index is 1100. The Morgan fingerprint density at radius 1 is 0.667 bits per heavy atom. The van der Waals surface area contributed by atoms with Crippen LogP contribution in [0.5, 0.6) is 28.7 Å². The van der Waals surface area contributed by atoms with Gasteiger partial charge in [0, 0.05) is 17.0 Å². The Balaban J connectivity index is 2.13. The van der Waals surface area contributed by atoms with Crippen LogP contribution in [0.3, 0.4) is 0 Å². The molecule has 1 aliphatic rings. The third-order valence-electron chi connectivity index (χ3n) is 6.75. The highest BCUT2D eigenvalue weighted by Gasteiger charge is 2.37. The number of hydrogen-bond donors (Lipinski definition) is 2. The smallest absolute Gasteiger partial charge is 0.135 e. The van der Waals surface area contributed by atoms with Crippen molar-refractivity contribution < 1.29 is 19.7 Å². The van der Waals surface area contributed by atoms with Crippen LogP contribution in [0.1, 0.15) is 56.0 Å². The lowest BCUT2D eigenvalue weighted by Gasteiger charge is -2.35. The molecular formula is C26H28O4. The van der Waals surface area contributed by atoms with Gasteiger partial charge in [-0.1, -0.05) is 12.1 Å². The van der Waals surface area contributed by atoms with Crippen molar-refractivity contribution in [1.29, 1.82) is 0 Å². The number of rotatable bonds is 2. The van der Waals surface area contributed by atoms with E-state index in [0.717, 1.165) is 67.3 Å². The fourth-order valence-corrected chi connectivity index (χ4v) is 4.59. The van der Waals surface area contributed by atoms with E-state index in [-0.39, 0.29) is 5.92 Å². The van der Waals surface area contributed by atoms with Gasteiger partial charge in [0.25, 0.3) is 0 Å². The maximum Gasteiger partial charge on any atom is 0.135 e. The maximum atomic E-state index is 10.8. The van der Waals surface area contributed by atoms with Crippen molar-refractivity contribution in [2.75, 3.05) is 7.11 Å². The van der Waals surface area contributed by atoms with Gasteiger partial charge < -0.3 is 19.7 Å². The lowest BCUT2D eigenvalue weighted by Crippen LogP contribution is -2.17. The lowest BCUT2D eigenvalue weighted by atomic mass is 9.76. The van der Waals surface area contributed by atoms with Crippen LogP contribution in [0, 0.1) is 41.5 Å². The quantitative estimate of drug-likeness (QED) is 0.415. The van der Waals surface area contributed by atoms with Crippen LogP contribution in [0.15, 0.2) is 24.3 Å². The molecule has 0 atom stereocenters. The van der Waals surface area contributed by atoms with Crippen molar-refractivity contribution in [3.63, 3.8) is 0 Å². The van der Waals surface area contributed by atoms with E-state index in [2.05, 4.69) is 0 Å². The van der Waals surface area contributed by atoms with E-state index in [1.54, 1.807) is 7.11 Å². The second kappa shape index (κ2) is 6.98. The SMILES string of the molecule is COc1ccc(C2c3c(C)c(O)c(C)c(C)c3Oc3c(C)c(C)c(O)c(C)c32)cc1. The first-order chi connectivity index (χ1) is 14.2. The Morgan fingerprint density at radius 3 is 1.50 bits per heavy atom. The van der Waals surface area contributed by atoms with Crippen molar-refractivity contribution in [3.8, 4) is 28.7 Å². The van der Waals surface area contributed by atoms with E-state index in [0.29, 0.717) is 11.5 Å². The maximum absolute atomic E-state index is 10.8. The molecule has 156 valence electrons. The Kier molecular flexibility index (Phi) is 4.69. The molecule has 4 rings (SSSR count). The minimum absolute atomic E-state index is 0.176. The van der Waals surface area contributed by atoms with Crippen LogP contribution < -0.4 is 9.47 Å². The van der Waals surface area contributed by atoms with Gasteiger partial charge in [0.15, 0.2) is 0 Å². The predicted octanol–water partition coefficient (Wildman–Crippen LogP) is 6.24. The fourth-order valence-electron chi connectivity index (χ4n) is 4.59. The van der Waals surface area contributed by atoms with Gasteiger partial charge in [0.1, 0.15) is 28.7 Å². The van der Waals surface area contributed by atoms with Gasteiger partial charge in [-0.15, -0.1) is 0 Å². The van der Waals surface area contributed by atoms with E-state index < -0.39 is 0 Å². The molecule has 1 heterocycles. The first kappa shape index (κ1) is 20.1. The lowest BCUT2D eigenvalue weighted by molar-refractivity contribution is 0.414. The third kappa shape index (κ3) is 2.67. The van der Waals surface area contributed by atoms with Gasteiger partial charge in [0.2, 0.25) is 0 Å². The number of aromatic hydroxyl groups is 2. The first-order valence-electron chi connectivity index (χ1n) is 10.2. The van der Waals surface area contributed by atoms with Gasteiger partial charge in [0.05, 0.1) is 7.11 Å². The van der Waals surface area contributed by atoms with Crippen LogP contribution >= 0.6 is 0 Å². The molecule has 0 spiro atoms. The molecule has 0 amide bonds. The summed E-state index contributed by atoms with van der Waals surface area (Å²) in [5.41, 5.74) is 8.06. The van der Waals surface area contributed by atoms with Crippen molar-refractivity contribution in [1.82, 2.24) is 0 Å². The zero-order valence-corrected chi connectivity index (χ0v) is 18.6. The second-order valence-electron chi connectivity index (χ2n) is 8.24. The van der Waals surface area contributed by atoms with Gasteiger partial charge in [-0.2, -0.15) is 0 Å². The van der Waals surface area contributed by atoms with Crippen LogP contribution in [0.4, 0.5) is 0 Å². The molecule has 1 aliphatic heterocycles. The summed E-state index contributed by atoms with van der Waals surface area (Å²) in [7, 11) is 1.65. The third-order valence-corrected chi connectivity index (χ3v) is 6.75. The Morgan fingerprint density at radius 2 is 1.10 bits per heavy atom. The van der Waals surface area contributed by atoms with Crippen molar-refractivity contribution in [2.24, 2.45) is 0 Å². The molecule has 0 aromatic heterocycles. The monoisotopic (exact) mass is 404 g/mol. The minimum atomic E-state index is -0.176. The van der Waals surface area contributed by atoms with Gasteiger partial charge in [-0.05, 0) is 92.6 Å². The zero-order valence-electron chi connectivity index (χ0n) is 18.6. The molecule has 0 bridgehead atoms. The van der Waals surface area contributed by atoms with Crippen molar-refractivity contribution in [2.45, 2.75) is 47.5 Å². The Hall–Kier alpha value is -3.14. The van der Waals surface area contributed by atoms with Crippen LogP contribution in [-0.2, 0) is 0 Å². The molecular weight excluding hydrogens is 376 g/mol. The Labute approximate surface area is 177 Å². The fraction of sp³-hybridized carbons (Fsp3) is 0.308. The van der Waals surface area contributed by atoms with Gasteiger partial charge in [-0.25, -0.2) is 0 Å². The van der Waals surface area contributed by atoms with Gasteiger partial charge in [-0.3, -0.25) is 0 Å². The molecule has 3 aromatic carbocycles. The summed E-state index contributed by atoms with van der Waals surface area (Å²) in [5.74, 6) is 2.79. The molecule has 2 N–H and O–H groups in total. The molecule has 30 heavy (non-hydrogen) atoms. The highest BCUT2D eigenvalue weighted by molar-refractivity contribution is 5.71. The van der Waals surface area contributed by atoms with E-state index in [1.807, 2.05) is 65.8 Å². The average molecular weight is 405 g/mol. The minimum Gasteiger partial charge on any atom is -0.507 e. The average Bonchev–Trinajstić information content (AvgIpc) is 2.77. The summed E-state index contributed by atoms with van der Waals surface area (Å²) >= 11 is 0.